The third kappa shape index (κ3) is 2.45. The van der Waals surface area contributed by atoms with E-state index in [9.17, 15) is 0 Å². The van der Waals surface area contributed by atoms with Crippen molar-refractivity contribution in [3.8, 4) is 0 Å². The molecule has 2 rings (SSSR count). The Labute approximate surface area is 114 Å². The quantitative estimate of drug-likeness (QED) is 0.555. The van der Waals surface area contributed by atoms with Crippen molar-refractivity contribution in [2.75, 3.05) is 13.1 Å². The third-order valence-electron chi connectivity index (χ3n) is 5.20. The minimum absolute atomic E-state index is 0.420. The molecule has 2 saturated heterocycles. The summed E-state index contributed by atoms with van der Waals surface area (Å²) >= 11 is 0. The fourth-order valence-corrected chi connectivity index (χ4v) is 6.49. The van der Waals surface area contributed by atoms with E-state index in [0.29, 0.717) is 12.1 Å². The smallest absolute Gasteiger partial charge is 0.192 e. The van der Waals surface area contributed by atoms with Crippen LogP contribution in [0.1, 0.15) is 40.5 Å². The zero-order valence-corrected chi connectivity index (χ0v) is 13.5. The van der Waals surface area contributed by atoms with Gasteiger partial charge in [0.1, 0.15) is 0 Å². The summed E-state index contributed by atoms with van der Waals surface area (Å²) < 4.78 is 6.79. The number of hydrogen-bond donors (Lipinski definition) is 0. The van der Waals surface area contributed by atoms with Crippen molar-refractivity contribution in [2.24, 2.45) is 0 Å². The van der Waals surface area contributed by atoms with Crippen LogP contribution in [0.3, 0.4) is 0 Å². The van der Waals surface area contributed by atoms with Gasteiger partial charge in [0.05, 0.1) is 6.10 Å². The van der Waals surface area contributed by atoms with Crippen LogP contribution in [-0.4, -0.2) is 38.5 Å². The lowest BCUT2D eigenvalue weighted by Crippen LogP contribution is -2.44. The van der Waals surface area contributed by atoms with E-state index < -0.39 is 8.32 Å². The highest BCUT2D eigenvalue weighted by molar-refractivity contribution is 6.73. The van der Waals surface area contributed by atoms with E-state index in [0.717, 1.165) is 6.54 Å². The topological polar surface area (TPSA) is 12.5 Å². The van der Waals surface area contributed by atoms with Crippen LogP contribution in [0.4, 0.5) is 0 Å². The molecule has 2 fully saturated rings. The van der Waals surface area contributed by atoms with Crippen LogP contribution < -0.4 is 0 Å². The zero-order valence-electron chi connectivity index (χ0n) is 12.5. The fraction of sp³-hybridized carbons (Fsp3) is 0.867. The molecule has 0 spiro atoms. The maximum Gasteiger partial charge on any atom is 0.192 e. The highest BCUT2D eigenvalue weighted by Crippen LogP contribution is 2.37. The van der Waals surface area contributed by atoms with Crippen molar-refractivity contribution < 1.29 is 4.43 Å². The number of fused-ring (bicyclic) bond motifs is 1. The van der Waals surface area contributed by atoms with Crippen molar-refractivity contribution in [2.45, 2.75) is 70.8 Å². The second kappa shape index (κ2) is 5.89. The molecule has 2 heterocycles. The van der Waals surface area contributed by atoms with Gasteiger partial charge in [-0.1, -0.05) is 26.8 Å². The molecule has 0 aromatic heterocycles. The first-order valence-electron chi connectivity index (χ1n) is 7.76. The highest BCUT2D eigenvalue weighted by atomic mass is 28.4. The Bertz CT molecular complexity index is 303. The first-order chi connectivity index (χ1) is 8.69. The highest BCUT2D eigenvalue weighted by Gasteiger charge is 2.44. The van der Waals surface area contributed by atoms with E-state index in [-0.39, 0.29) is 0 Å². The monoisotopic (exact) mass is 267 g/mol. The molecule has 0 aliphatic carbocycles. The average Bonchev–Trinajstić information content (AvgIpc) is 2.97. The van der Waals surface area contributed by atoms with Crippen molar-refractivity contribution in [3.63, 3.8) is 0 Å². The van der Waals surface area contributed by atoms with Crippen LogP contribution in [0.25, 0.3) is 0 Å². The fourth-order valence-electron chi connectivity index (χ4n) is 3.64. The van der Waals surface area contributed by atoms with E-state index in [4.69, 9.17) is 4.43 Å². The Morgan fingerprint density at radius 2 is 1.94 bits per heavy atom. The van der Waals surface area contributed by atoms with Crippen LogP contribution in [0.15, 0.2) is 11.6 Å². The second-order valence-electron chi connectivity index (χ2n) is 5.83. The van der Waals surface area contributed by atoms with Gasteiger partial charge >= 0.3 is 0 Å². The first kappa shape index (κ1) is 14.3. The summed E-state index contributed by atoms with van der Waals surface area (Å²) in [6.45, 7) is 11.6. The van der Waals surface area contributed by atoms with Crippen molar-refractivity contribution in [3.05, 3.63) is 11.6 Å². The average molecular weight is 267 g/mol. The van der Waals surface area contributed by atoms with E-state index in [1.165, 1.54) is 37.5 Å². The Hall–Kier alpha value is -0.123. The van der Waals surface area contributed by atoms with E-state index in [1.54, 1.807) is 5.57 Å². The van der Waals surface area contributed by atoms with Crippen LogP contribution in [0.2, 0.25) is 18.1 Å². The normalized spacial score (nSPS) is 31.2. The summed E-state index contributed by atoms with van der Waals surface area (Å²) in [4.78, 5) is 2.64. The first-order valence-corrected chi connectivity index (χ1v) is 10.3. The Morgan fingerprint density at radius 1 is 1.28 bits per heavy atom. The summed E-state index contributed by atoms with van der Waals surface area (Å²) in [6, 6.07) is 4.48. The summed E-state index contributed by atoms with van der Waals surface area (Å²) in [6.07, 6.45) is 5.43. The van der Waals surface area contributed by atoms with Crippen LogP contribution in [0, 0.1) is 0 Å². The summed E-state index contributed by atoms with van der Waals surface area (Å²) in [5.41, 5.74) is 1.55. The molecule has 0 N–H and O–H groups in total. The molecule has 0 saturated carbocycles. The maximum absolute atomic E-state index is 6.79. The van der Waals surface area contributed by atoms with Gasteiger partial charge in [0.15, 0.2) is 8.32 Å². The molecule has 2 atom stereocenters. The van der Waals surface area contributed by atoms with Gasteiger partial charge in [0.25, 0.3) is 0 Å². The van der Waals surface area contributed by atoms with E-state index >= 15 is 0 Å². The third-order valence-corrected chi connectivity index (χ3v) is 9.82. The summed E-state index contributed by atoms with van der Waals surface area (Å²) in [5, 5.41) is 0. The summed E-state index contributed by atoms with van der Waals surface area (Å²) in [5.74, 6) is 0. The molecule has 0 aromatic carbocycles. The van der Waals surface area contributed by atoms with Crippen molar-refractivity contribution >= 4 is 8.32 Å². The van der Waals surface area contributed by atoms with Gasteiger partial charge in [-0.05, 0) is 50.0 Å². The van der Waals surface area contributed by atoms with Gasteiger partial charge < -0.3 is 4.43 Å². The molecule has 104 valence electrons. The van der Waals surface area contributed by atoms with Gasteiger partial charge in [-0.2, -0.15) is 0 Å². The molecule has 0 amide bonds. The molecule has 0 bridgehead atoms. The van der Waals surface area contributed by atoms with Crippen LogP contribution in [0.5, 0.6) is 0 Å². The second-order valence-corrected chi connectivity index (χ2v) is 10.5. The maximum atomic E-state index is 6.79. The molecule has 2 aliphatic heterocycles. The Balaban J connectivity index is 2.15. The van der Waals surface area contributed by atoms with Gasteiger partial charge in [0.2, 0.25) is 0 Å². The standard InChI is InChI=1S/C15H29NOSi/c1-5-13-12-16-11-9-10-14(16)15(13)17-18(6-2,7-3)8-4/h5,14-15H,6-12H2,1-4H3/b13-5-/t14-,15+/m0/s1. The lowest BCUT2D eigenvalue weighted by molar-refractivity contribution is 0.163. The number of hydrogen-bond acceptors (Lipinski definition) is 2. The van der Waals surface area contributed by atoms with Crippen molar-refractivity contribution in [1.82, 2.24) is 4.90 Å². The largest absolute Gasteiger partial charge is 0.409 e. The number of allylic oxidation sites excluding steroid dienone is 1. The van der Waals surface area contributed by atoms with E-state index in [1.807, 2.05) is 0 Å². The molecular weight excluding hydrogens is 238 g/mol. The lowest BCUT2D eigenvalue weighted by atomic mass is 10.1. The number of rotatable bonds is 5. The minimum atomic E-state index is -1.47. The SMILES string of the molecule is C/C=C1/CN2CCC[C@H]2[C@@H]1O[Si](CC)(CC)CC. The van der Waals surface area contributed by atoms with Crippen LogP contribution >= 0.6 is 0 Å². The van der Waals surface area contributed by atoms with Gasteiger partial charge in [-0.25, -0.2) is 0 Å². The predicted octanol–water partition coefficient (Wildman–Crippen LogP) is 3.80. The summed E-state index contributed by atoms with van der Waals surface area (Å²) in [7, 11) is -1.47. The molecule has 2 aliphatic rings. The van der Waals surface area contributed by atoms with Gasteiger partial charge in [-0.3, -0.25) is 4.90 Å². The number of nitrogens with zero attached hydrogens (tertiary/aromatic N) is 1. The Kier molecular flexibility index (Phi) is 4.68. The molecule has 0 radical (unpaired) electrons. The molecule has 0 unspecified atom stereocenters. The molecule has 2 nitrogen and oxygen atoms in total. The predicted molar refractivity (Wildman–Crippen MR) is 80.4 cm³/mol. The molecule has 18 heavy (non-hydrogen) atoms. The van der Waals surface area contributed by atoms with E-state index in [2.05, 4.69) is 38.7 Å². The van der Waals surface area contributed by atoms with Gasteiger partial charge in [-0.15, -0.1) is 0 Å². The lowest BCUT2D eigenvalue weighted by Gasteiger charge is -2.34. The van der Waals surface area contributed by atoms with Crippen molar-refractivity contribution in [1.29, 1.82) is 0 Å². The zero-order chi connectivity index (χ0) is 13.2. The minimum Gasteiger partial charge on any atom is -0.409 e. The van der Waals surface area contributed by atoms with Gasteiger partial charge in [0, 0.05) is 12.6 Å². The molecular formula is C15H29NOSi. The molecule has 0 aromatic rings. The van der Waals surface area contributed by atoms with Crippen LogP contribution in [-0.2, 0) is 4.43 Å². The Morgan fingerprint density at radius 3 is 2.50 bits per heavy atom. The molecule has 3 heteroatoms.